The lowest BCUT2D eigenvalue weighted by molar-refractivity contribution is 1.57. The number of rotatable bonds is 1. The van der Waals surface area contributed by atoms with E-state index in [1.165, 1.54) is 6.20 Å². The molecule has 0 aromatic rings. The van der Waals surface area contributed by atoms with Gasteiger partial charge in [-0.25, -0.2) is 0 Å². The average Bonchev–Trinajstić information content (AvgIpc) is 1.68. The Morgan fingerprint density at radius 2 is 2.29 bits per heavy atom. The summed E-state index contributed by atoms with van der Waals surface area (Å²) >= 11 is 5.41. The molecule has 0 saturated carbocycles. The Hall–Kier alpha value is -0.430. The predicted octanol–water partition coefficient (Wildman–Crippen LogP) is 1.60. The van der Waals surface area contributed by atoms with Gasteiger partial charge < -0.3 is 5.73 Å². The van der Waals surface area contributed by atoms with Crippen LogP contribution in [0.5, 0.6) is 0 Å². The zero-order valence-corrected chi connectivity index (χ0v) is 4.94. The first-order valence-corrected chi connectivity index (χ1v) is 2.39. The van der Waals surface area contributed by atoms with Crippen molar-refractivity contribution in [2.45, 2.75) is 6.92 Å². The molecule has 0 aromatic heterocycles. The SMILES string of the molecule is C/C=C\C(Cl)=C/N. The van der Waals surface area contributed by atoms with E-state index in [9.17, 15) is 0 Å². The summed E-state index contributed by atoms with van der Waals surface area (Å²) in [5.41, 5.74) is 5.01. The fraction of sp³-hybridized carbons (Fsp3) is 0.200. The van der Waals surface area contributed by atoms with Crippen LogP contribution in [0.3, 0.4) is 0 Å². The van der Waals surface area contributed by atoms with Gasteiger partial charge in [0.15, 0.2) is 0 Å². The standard InChI is InChI=1S/C5H8ClN/c1-2-3-5(6)4-7/h2-4H,7H2,1H3/b3-2-,5-4+. The zero-order chi connectivity index (χ0) is 5.70. The van der Waals surface area contributed by atoms with Crippen molar-refractivity contribution in [2.75, 3.05) is 0 Å². The van der Waals surface area contributed by atoms with Crippen LogP contribution in [0.4, 0.5) is 0 Å². The fourth-order valence-corrected chi connectivity index (χ4v) is 0.341. The van der Waals surface area contributed by atoms with Gasteiger partial charge in [-0.1, -0.05) is 17.7 Å². The molecule has 0 radical (unpaired) electrons. The van der Waals surface area contributed by atoms with Crippen LogP contribution in [0.15, 0.2) is 23.4 Å². The summed E-state index contributed by atoms with van der Waals surface area (Å²) in [5.74, 6) is 0. The molecule has 0 spiro atoms. The second-order valence-corrected chi connectivity index (χ2v) is 1.49. The summed E-state index contributed by atoms with van der Waals surface area (Å²) in [6, 6.07) is 0. The van der Waals surface area contributed by atoms with Crippen LogP contribution in [0.25, 0.3) is 0 Å². The Balaban J connectivity index is 3.58. The normalized spacial score (nSPS) is 13.1. The highest BCUT2D eigenvalue weighted by Crippen LogP contribution is 1.98. The molecule has 0 fully saturated rings. The lowest BCUT2D eigenvalue weighted by atomic mass is 10.5. The smallest absolute Gasteiger partial charge is 0.0557 e. The van der Waals surface area contributed by atoms with E-state index < -0.39 is 0 Å². The minimum absolute atomic E-state index is 0.572. The highest BCUT2D eigenvalue weighted by atomic mass is 35.5. The van der Waals surface area contributed by atoms with Gasteiger partial charge >= 0.3 is 0 Å². The van der Waals surface area contributed by atoms with Gasteiger partial charge in [-0.3, -0.25) is 0 Å². The van der Waals surface area contributed by atoms with Gasteiger partial charge in [-0.05, 0) is 13.0 Å². The predicted molar refractivity (Wildman–Crippen MR) is 32.9 cm³/mol. The van der Waals surface area contributed by atoms with E-state index in [0.717, 1.165) is 0 Å². The van der Waals surface area contributed by atoms with Crippen LogP contribution >= 0.6 is 11.6 Å². The third-order valence-corrected chi connectivity index (χ3v) is 0.737. The summed E-state index contributed by atoms with van der Waals surface area (Å²) < 4.78 is 0. The van der Waals surface area contributed by atoms with E-state index >= 15 is 0 Å². The molecule has 0 saturated heterocycles. The molecule has 40 valence electrons. The van der Waals surface area contributed by atoms with Crippen LogP contribution < -0.4 is 5.73 Å². The molecule has 1 nitrogen and oxygen atoms in total. The van der Waals surface area contributed by atoms with Gasteiger partial charge in [0.25, 0.3) is 0 Å². The average molecular weight is 118 g/mol. The van der Waals surface area contributed by atoms with Gasteiger partial charge in [0.1, 0.15) is 0 Å². The third-order valence-electron chi connectivity index (χ3n) is 0.485. The molecule has 0 aliphatic heterocycles. The maximum absolute atomic E-state index is 5.41. The highest BCUT2D eigenvalue weighted by Gasteiger charge is 1.73. The maximum atomic E-state index is 5.41. The molecule has 0 amide bonds. The van der Waals surface area contributed by atoms with Gasteiger partial charge in [0.2, 0.25) is 0 Å². The Kier molecular flexibility index (Phi) is 3.52. The minimum Gasteiger partial charge on any atom is -0.403 e. The van der Waals surface area contributed by atoms with E-state index in [0.29, 0.717) is 5.03 Å². The molecular formula is C5H8ClN. The molecule has 0 aromatic carbocycles. The summed E-state index contributed by atoms with van der Waals surface area (Å²) in [6.45, 7) is 1.88. The zero-order valence-electron chi connectivity index (χ0n) is 4.19. The van der Waals surface area contributed by atoms with Crippen molar-refractivity contribution in [3.8, 4) is 0 Å². The summed E-state index contributed by atoms with van der Waals surface area (Å²) in [7, 11) is 0. The second-order valence-electron chi connectivity index (χ2n) is 1.05. The van der Waals surface area contributed by atoms with Crippen molar-refractivity contribution < 1.29 is 0 Å². The summed E-state index contributed by atoms with van der Waals surface area (Å²) in [4.78, 5) is 0. The van der Waals surface area contributed by atoms with Crippen molar-refractivity contribution in [3.05, 3.63) is 23.4 Å². The topological polar surface area (TPSA) is 26.0 Å². The van der Waals surface area contributed by atoms with Crippen molar-refractivity contribution in [1.82, 2.24) is 0 Å². The second kappa shape index (κ2) is 3.75. The van der Waals surface area contributed by atoms with Crippen molar-refractivity contribution in [2.24, 2.45) is 5.73 Å². The largest absolute Gasteiger partial charge is 0.403 e. The molecule has 2 N–H and O–H groups in total. The molecule has 0 aliphatic rings. The number of hydrogen-bond acceptors (Lipinski definition) is 1. The van der Waals surface area contributed by atoms with Gasteiger partial charge in [-0.2, -0.15) is 0 Å². The molecule has 7 heavy (non-hydrogen) atoms. The van der Waals surface area contributed by atoms with E-state index in [1.54, 1.807) is 6.08 Å². The van der Waals surface area contributed by atoms with E-state index in [4.69, 9.17) is 17.3 Å². The minimum atomic E-state index is 0.572. The van der Waals surface area contributed by atoms with Crippen LogP contribution in [0.1, 0.15) is 6.92 Å². The van der Waals surface area contributed by atoms with Gasteiger partial charge in [-0.15, -0.1) is 0 Å². The molecule has 0 bridgehead atoms. The van der Waals surface area contributed by atoms with E-state index in [1.807, 2.05) is 13.0 Å². The number of nitrogens with two attached hydrogens (primary N) is 1. The molecule has 2 heteroatoms. The first-order chi connectivity index (χ1) is 3.31. The molecule has 0 heterocycles. The number of allylic oxidation sites excluding steroid dienone is 3. The van der Waals surface area contributed by atoms with Crippen molar-refractivity contribution in [1.29, 1.82) is 0 Å². The highest BCUT2D eigenvalue weighted by molar-refractivity contribution is 6.31. The van der Waals surface area contributed by atoms with Crippen molar-refractivity contribution >= 4 is 11.6 Å². The number of halogens is 1. The molecule has 0 atom stereocenters. The van der Waals surface area contributed by atoms with Crippen LogP contribution in [0.2, 0.25) is 0 Å². The lowest BCUT2D eigenvalue weighted by Gasteiger charge is -1.78. The number of hydrogen-bond donors (Lipinski definition) is 1. The molecular weight excluding hydrogens is 110 g/mol. The van der Waals surface area contributed by atoms with Gasteiger partial charge in [0.05, 0.1) is 5.03 Å². The van der Waals surface area contributed by atoms with E-state index in [-0.39, 0.29) is 0 Å². The van der Waals surface area contributed by atoms with Crippen LogP contribution in [0, 0.1) is 0 Å². The quantitative estimate of drug-likeness (QED) is 0.519. The molecule has 0 aliphatic carbocycles. The Bertz CT molecular complexity index is 94.3. The van der Waals surface area contributed by atoms with Crippen LogP contribution in [-0.4, -0.2) is 0 Å². The summed E-state index contributed by atoms with van der Waals surface area (Å²) in [5, 5.41) is 0.572. The molecule has 0 rings (SSSR count). The Morgan fingerprint density at radius 3 is 2.43 bits per heavy atom. The van der Waals surface area contributed by atoms with Crippen molar-refractivity contribution in [3.63, 3.8) is 0 Å². The maximum Gasteiger partial charge on any atom is 0.0557 e. The monoisotopic (exact) mass is 117 g/mol. The van der Waals surface area contributed by atoms with Crippen LogP contribution in [-0.2, 0) is 0 Å². The Morgan fingerprint density at radius 1 is 1.71 bits per heavy atom. The lowest BCUT2D eigenvalue weighted by Crippen LogP contribution is -1.76. The fourth-order valence-electron chi connectivity index (χ4n) is 0.215. The first-order valence-electron chi connectivity index (χ1n) is 2.01. The third kappa shape index (κ3) is 3.40. The van der Waals surface area contributed by atoms with Gasteiger partial charge in [0, 0.05) is 6.20 Å². The first kappa shape index (κ1) is 6.57. The summed E-state index contributed by atoms with van der Waals surface area (Å²) in [6.07, 6.45) is 4.90. The van der Waals surface area contributed by atoms with E-state index in [2.05, 4.69) is 0 Å². The Labute approximate surface area is 48.5 Å². The molecule has 0 unspecified atom stereocenters.